The van der Waals surface area contributed by atoms with Crippen molar-refractivity contribution >= 4 is 50.4 Å². The van der Waals surface area contributed by atoms with Gasteiger partial charge in [-0.3, -0.25) is 14.6 Å². The Morgan fingerprint density at radius 1 is 0.848 bits per heavy atom. The van der Waals surface area contributed by atoms with Gasteiger partial charge in [-0.1, -0.05) is 24.3 Å². The molecule has 5 rings (SSSR count). The fourth-order valence-corrected chi connectivity index (χ4v) is 5.18. The van der Waals surface area contributed by atoms with E-state index in [0.717, 1.165) is 25.8 Å². The van der Waals surface area contributed by atoms with Crippen molar-refractivity contribution in [3.05, 3.63) is 101 Å². The molecule has 0 aliphatic rings. The molecule has 0 atom stereocenters. The number of thiophene rings is 1. The van der Waals surface area contributed by atoms with Gasteiger partial charge in [-0.25, -0.2) is 4.98 Å². The first kappa shape index (κ1) is 21.0. The van der Waals surface area contributed by atoms with Crippen LogP contribution in [0.3, 0.4) is 0 Å². The first-order chi connectivity index (χ1) is 16.2. The van der Waals surface area contributed by atoms with Gasteiger partial charge in [-0.15, -0.1) is 22.7 Å². The summed E-state index contributed by atoms with van der Waals surface area (Å²) in [6.45, 7) is 0.333. The van der Waals surface area contributed by atoms with Crippen LogP contribution in [0.2, 0.25) is 0 Å². The molecule has 0 radical (unpaired) electrons. The zero-order valence-corrected chi connectivity index (χ0v) is 19.0. The van der Waals surface area contributed by atoms with Crippen molar-refractivity contribution in [2.24, 2.45) is 0 Å². The summed E-state index contributed by atoms with van der Waals surface area (Å²) >= 11 is 3.00. The fourth-order valence-electron chi connectivity index (χ4n) is 3.26. The Kier molecular flexibility index (Phi) is 5.93. The molecular weight excluding hydrogens is 452 g/mol. The average Bonchev–Trinajstić information content (AvgIpc) is 3.51. The smallest absolute Gasteiger partial charge is 0.265 e. The van der Waals surface area contributed by atoms with Crippen LogP contribution in [-0.4, -0.2) is 21.8 Å². The summed E-state index contributed by atoms with van der Waals surface area (Å²) in [5, 5.41) is 6.62. The van der Waals surface area contributed by atoms with Crippen LogP contribution < -0.4 is 10.6 Å². The molecule has 2 amide bonds. The topological polar surface area (TPSA) is 84.0 Å². The van der Waals surface area contributed by atoms with Crippen LogP contribution in [0.5, 0.6) is 0 Å². The van der Waals surface area contributed by atoms with Crippen molar-refractivity contribution in [1.29, 1.82) is 0 Å². The van der Waals surface area contributed by atoms with Gasteiger partial charge in [-0.2, -0.15) is 0 Å². The Morgan fingerprint density at radius 3 is 2.58 bits per heavy atom. The molecule has 3 aromatic heterocycles. The third kappa shape index (κ3) is 4.82. The molecule has 0 aliphatic heterocycles. The van der Waals surface area contributed by atoms with Crippen LogP contribution in [0.1, 0.15) is 25.7 Å². The predicted octanol–water partition coefficient (Wildman–Crippen LogP) is 5.60. The highest BCUT2D eigenvalue weighted by molar-refractivity contribution is 7.26. The number of benzene rings is 2. The summed E-state index contributed by atoms with van der Waals surface area (Å²) in [5.41, 5.74) is 2.75. The minimum atomic E-state index is -0.231. The summed E-state index contributed by atoms with van der Waals surface area (Å²) in [4.78, 5) is 35.7. The number of amides is 2. The Balaban J connectivity index is 1.26. The molecule has 2 N–H and O–H groups in total. The second-order valence-electron chi connectivity index (χ2n) is 7.19. The van der Waals surface area contributed by atoms with Gasteiger partial charge >= 0.3 is 0 Å². The number of para-hydroxylation sites is 1. The number of nitrogens with one attached hydrogen (secondary N) is 2. The van der Waals surface area contributed by atoms with E-state index in [9.17, 15) is 9.59 Å². The first-order valence-corrected chi connectivity index (χ1v) is 11.8. The summed E-state index contributed by atoms with van der Waals surface area (Å²) in [6, 6.07) is 24.1. The lowest BCUT2D eigenvalue weighted by atomic mass is 10.2. The van der Waals surface area contributed by atoms with Gasteiger partial charge in [0.2, 0.25) is 0 Å². The third-order valence-electron chi connectivity index (χ3n) is 4.87. The monoisotopic (exact) mass is 470 g/mol. The van der Waals surface area contributed by atoms with Gasteiger partial charge in [0.1, 0.15) is 5.01 Å². The van der Waals surface area contributed by atoms with Gasteiger partial charge in [0.15, 0.2) is 0 Å². The lowest BCUT2D eigenvalue weighted by Gasteiger charge is -2.08. The molecule has 5 aromatic rings. The number of nitrogens with zero attached hydrogens (tertiary/aromatic N) is 2. The van der Waals surface area contributed by atoms with E-state index < -0.39 is 0 Å². The van der Waals surface area contributed by atoms with Crippen molar-refractivity contribution in [3.63, 3.8) is 0 Å². The van der Waals surface area contributed by atoms with Crippen LogP contribution in [0.25, 0.3) is 20.1 Å². The molecule has 2 aromatic carbocycles. The maximum atomic E-state index is 12.8. The number of carbonyl (C=O) groups excluding carboxylic acids is 2. The van der Waals surface area contributed by atoms with E-state index in [0.29, 0.717) is 22.7 Å². The second kappa shape index (κ2) is 9.32. The first-order valence-electron chi connectivity index (χ1n) is 10.2. The standard InChI is InChI=1S/C25H18N4O2S2/c30-23(27-15-18-7-3-4-13-26-18)16-6-5-8-17(14-16)28-24(31)21-11-12-22(32-21)25-29-19-9-1-2-10-20(19)33-25/h1-14H,15H2,(H,27,30)(H,28,31). The van der Waals surface area contributed by atoms with Crippen LogP contribution >= 0.6 is 22.7 Å². The third-order valence-corrected chi connectivity index (χ3v) is 7.16. The number of hydrogen-bond acceptors (Lipinski definition) is 6. The highest BCUT2D eigenvalue weighted by Gasteiger charge is 2.14. The zero-order valence-electron chi connectivity index (χ0n) is 17.3. The molecule has 3 heterocycles. The quantitative estimate of drug-likeness (QED) is 0.338. The number of carbonyl (C=O) groups is 2. The molecule has 162 valence electrons. The van der Waals surface area contributed by atoms with E-state index in [1.54, 1.807) is 47.9 Å². The number of pyridine rings is 1. The second-order valence-corrected chi connectivity index (χ2v) is 9.30. The normalized spacial score (nSPS) is 10.8. The summed E-state index contributed by atoms with van der Waals surface area (Å²) in [5.74, 6) is -0.454. The summed E-state index contributed by atoms with van der Waals surface area (Å²) in [6.07, 6.45) is 1.68. The Labute approximate surface area is 198 Å². The van der Waals surface area contributed by atoms with E-state index in [2.05, 4.69) is 20.6 Å². The molecule has 0 bridgehead atoms. The van der Waals surface area contributed by atoms with E-state index in [1.807, 2.05) is 48.5 Å². The minimum Gasteiger partial charge on any atom is -0.346 e. The molecule has 0 fully saturated rings. The number of fused-ring (bicyclic) bond motifs is 1. The molecule has 0 unspecified atom stereocenters. The number of thiazole rings is 1. The Hall–Kier alpha value is -3.88. The van der Waals surface area contributed by atoms with Crippen molar-refractivity contribution in [1.82, 2.24) is 15.3 Å². The molecule has 33 heavy (non-hydrogen) atoms. The van der Waals surface area contributed by atoms with Crippen LogP contribution in [0.4, 0.5) is 5.69 Å². The van der Waals surface area contributed by atoms with E-state index in [1.165, 1.54) is 11.3 Å². The summed E-state index contributed by atoms with van der Waals surface area (Å²) < 4.78 is 1.12. The van der Waals surface area contributed by atoms with Crippen molar-refractivity contribution < 1.29 is 9.59 Å². The maximum Gasteiger partial charge on any atom is 0.265 e. The molecule has 0 saturated carbocycles. The number of rotatable bonds is 6. The predicted molar refractivity (Wildman–Crippen MR) is 133 cm³/mol. The number of hydrogen-bond donors (Lipinski definition) is 2. The SMILES string of the molecule is O=C(NCc1ccccn1)c1cccc(NC(=O)c2ccc(-c3nc4ccccc4s3)s2)c1. The lowest BCUT2D eigenvalue weighted by molar-refractivity contribution is 0.0949. The molecule has 0 spiro atoms. The van der Waals surface area contributed by atoms with Gasteiger partial charge in [-0.05, 0) is 54.6 Å². The van der Waals surface area contributed by atoms with Crippen molar-refractivity contribution in [2.75, 3.05) is 5.32 Å². The van der Waals surface area contributed by atoms with Crippen molar-refractivity contribution in [2.45, 2.75) is 6.54 Å². The average molecular weight is 471 g/mol. The van der Waals surface area contributed by atoms with E-state index in [4.69, 9.17) is 0 Å². The molecule has 6 nitrogen and oxygen atoms in total. The molecule has 8 heteroatoms. The summed E-state index contributed by atoms with van der Waals surface area (Å²) in [7, 11) is 0. The van der Waals surface area contributed by atoms with E-state index >= 15 is 0 Å². The number of aromatic nitrogens is 2. The van der Waals surface area contributed by atoms with Crippen LogP contribution in [-0.2, 0) is 6.54 Å². The lowest BCUT2D eigenvalue weighted by Crippen LogP contribution is -2.23. The Morgan fingerprint density at radius 2 is 1.73 bits per heavy atom. The molecule has 0 saturated heterocycles. The maximum absolute atomic E-state index is 12.8. The van der Waals surface area contributed by atoms with Gasteiger partial charge < -0.3 is 10.6 Å². The molecule has 0 aliphatic carbocycles. The largest absolute Gasteiger partial charge is 0.346 e. The van der Waals surface area contributed by atoms with Gasteiger partial charge in [0.25, 0.3) is 11.8 Å². The Bertz CT molecular complexity index is 1410. The van der Waals surface area contributed by atoms with Crippen molar-refractivity contribution in [3.8, 4) is 9.88 Å². The minimum absolute atomic E-state index is 0.224. The van der Waals surface area contributed by atoms with E-state index in [-0.39, 0.29) is 11.8 Å². The fraction of sp³-hybridized carbons (Fsp3) is 0.0400. The van der Waals surface area contributed by atoms with Crippen LogP contribution in [0.15, 0.2) is 85.1 Å². The van der Waals surface area contributed by atoms with Gasteiger partial charge in [0, 0.05) is 17.4 Å². The molecular formula is C25H18N4O2S2. The van der Waals surface area contributed by atoms with Crippen LogP contribution in [0, 0.1) is 0 Å². The van der Waals surface area contributed by atoms with Gasteiger partial charge in [0.05, 0.1) is 32.2 Å². The zero-order chi connectivity index (χ0) is 22.6. The highest BCUT2D eigenvalue weighted by Crippen LogP contribution is 2.34. The number of anilines is 1. The highest BCUT2D eigenvalue weighted by atomic mass is 32.1.